The van der Waals surface area contributed by atoms with Gasteiger partial charge in [0.15, 0.2) is 0 Å². The Morgan fingerprint density at radius 1 is 1.28 bits per heavy atom. The summed E-state index contributed by atoms with van der Waals surface area (Å²) in [4.78, 5) is 6.42. The van der Waals surface area contributed by atoms with E-state index in [1.54, 1.807) is 0 Å². The minimum absolute atomic E-state index is 0.755. The molecule has 2 aliphatic rings. The first-order valence-corrected chi connectivity index (χ1v) is 8.29. The maximum absolute atomic E-state index is 4.92. The Hall–Kier alpha value is -0.410. The van der Waals surface area contributed by atoms with E-state index in [1.165, 1.54) is 47.7 Å². The molecule has 0 radical (unpaired) electrons. The molecule has 1 N–H and O–H groups in total. The lowest BCUT2D eigenvalue weighted by Gasteiger charge is -2.04. The van der Waals surface area contributed by atoms with E-state index >= 15 is 0 Å². The first-order chi connectivity index (χ1) is 8.76. The molecule has 3 rings (SSSR count). The highest BCUT2D eigenvalue weighted by Crippen LogP contribution is 2.40. The molecular formula is C15H24N2S. The third kappa shape index (κ3) is 2.77. The molecule has 2 unspecified atom stereocenters. The zero-order valence-corrected chi connectivity index (χ0v) is 12.4. The molecule has 2 nitrogen and oxygen atoms in total. The van der Waals surface area contributed by atoms with Gasteiger partial charge in [-0.25, -0.2) is 4.98 Å². The van der Waals surface area contributed by atoms with Crippen LogP contribution < -0.4 is 5.32 Å². The standard InChI is InChI=1S/C15H24N2S/c1-3-13-14(9-16-12-6-7-12)18-15(17-13)11-5-4-10(2)8-11/h10-12,16H,3-9H2,1-2H3. The lowest BCUT2D eigenvalue weighted by atomic mass is 10.1. The van der Waals surface area contributed by atoms with E-state index in [9.17, 15) is 0 Å². The van der Waals surface area contributed by atoms with E-state index in [1.807, 2.05) is 11.3 Å². The van der Waals surface area contributed by atoms with Gasteiger partial charge in [-0.3, -0.25) is 0 Å². The van der Waals surface area contributed by atoms with Crippen LogP contribution in [0.4, 0.5) is 0 Å². The van der Waals surface area contributed by atoms with Gasteiger partial charge >= 0.3 is 0 Å². The van der Waals surface area contributed by atoms with Crippen LogP contribution >= 0.6 is 11.3 Å². The maximum atomic E-state index is 4.92. The Morgan fingerprint density at radius 3 is 2.72 bits per heavy atom. The number of aromatic nitrogens is 1. The third-order valence-corrected chi connectivity index (χ3v) is 5.56. The normalized spacial score (nSPS) is 27.9. The first kappa shape index (κ1) is 12.6. The van der Waals surface area contributed by atoms with Crippen molar-refractivity contribution >= 4 is 11.3 Å². The fraction of sp³-hybridized carbons (Fsp3) is 0.800. The van der Waals surface area contributed by atoms with Crippen LogP contribution in [0, 0.1) is 5.92 Å². The molecule has 1 aromatic rings. The average molecular weight is 264 g/mol. The Morgan fingerprint density at radius 2 is 2.11 bits per heavy atom. The average Bonchev–Trinajstić information content (AvgIpc) is 2.94. The molecule has 0 aromatic carbocycles. The molecule has 0 bridgehead atoms. The van der Waals surface area contributed by atoms with Gasteiger partial charge in [0.05, 0.1) is 10.7 Å². The fourth-order valence-electron chi connectivity index (χ4n) is 2.95. The van der Waals surface area contributed by atoms with Gasteiger partial charge in [-0.1, -0.05) is 20.3 Å². The summed E-state index contributed by atoms with van der Waals surface area (Å²) in [6.45, 7) is 5.66. The van der Waals surface area contributed by atoms with Crippen LogP contribution in [0.5, 0.6) is 0 Å². The van der Waals surface area contributed by atoms with Gasteiger partial charge in [0.25, 0.3) is 0 Å². The SMILES string of the molecule is CCc1nc(C2CCC(C)C2)sc1CNC1CC1. The maximum Gasteiger partial charge on any atom is 0.0962 e. The van der Waals surface area contributed by atoms with E-state index in [0.717, 1.165) is 30.8 Å². The summed E-state index contributed by atoms with van der Waals surface area (Å²) in [5.74, 6) is 1.65. The Kier molecular flexibility index (Phi) is 3.71. The van der Waals surface area contributed by atoms with Gasteiger partial charge in [-0.15, -0.1) is 11.3 Å². The molecule has 3 heteroatoms. The number of hydrogen-bond donors (Lipinski definition) is 1. The summed E-state index contributed by atoms with van der Waals surface area (Å²) in [5, 5.41) is 5.05. The van der Waals surface area contributed by atoms with E-state index in [2.05, 4.69) is 19.2 Å². The van der Waals surface area contributed by atoms with Crippen molar-refractivity contribution in [2.45, 2.75) is 70.9 Å². The van der Waals surface area contributed by atoms with E-state index in [4.69, 9.17) is 4.98 Å². The summed E-state index contributed by atoms with van der Waals surface area (Å²) < 4.78 is 0. The van der Waals surface area contributed by atoms with Gasteiger partial charge < -0.3 is 5.32 Å². The topological polar surface area (TPSA) is 24.9 Å². The van der Waals surface area contributed by atoms with Gasteiger partial charge in [-0.05, 0) is 38.0 Å². The molecule has 1 heterocycles. The molecule has 1 aromatic heterocycles. The largest absolute Gasteiger partial charge is 0.309 e. The first-order valence-electron chi connectivity index (χ1n) is 7.48. The number of rotatable bonds is 5. The van der Waals surface area contributed by atoms with Crippen LogP contribution in [0.15, 0.2) is 0 Å². The van der Waals surface area contributed by atoms with Crippen molar-refractivity contribution in [2.75, 3.05) is 0 Å². The lowest BCUT2D eigenvalue weighted by Crippen LogP contribution is -2.15. The van der Waals surface area contributed by atoms with E-state index in [0.29, 0.717) is 0 Å². The Balaban J connectivity index is 1.70. The summed E-state index contributed by atoms with van der Waals surface area (Å²) in [7, 11) is 0. The number of nitrogens with one attached hydrogen (secondary N) is 1. The summed E-state index contributed by atoms with van der Waals surface area (Å²) in [6.07, 6.45) is 7.92. The monoisotopic (exact) mass is 264 g/mol. The summed E-state index contributed by atoms with van der Waals surface area (Å²) in [6, 6.07) is 0.798. The second-order valence-electron chi connectivity index (χ2n) is 6.05. The number of aryl methyl sites for hydroxylation is 1. The summed E-state index contributed by atoms with van der Waals surface area (Å²) >= 11 is 1.98. The quantitative estimate of drug-likeness (QED) is 0.873. The lowest BCUT2D eigenvalue weighted by molar-refractivity contribution is 0.595. The number of nitrogens with zero attached hydrogens (tertiary/aromatic N) is 1. The van der Waals surface area contributed by atoms with Crippen LogP contribution in [0.3, 0.4) is 0 Å². The molecule has 2 saturated carbocycles. The zero-order chi connectivity index (χ0) is 12.5. The van der Waals surface area contributed by atoms with Crippen LogP contribution in [0.2, 0.25) is 0 Å². The number of thiazole rings is 1. The molecule has 0 amide bonds. The fourth-order valence-corrected chi connectivity index (χ4v) is 4.20. The third-order valence-electron chi connectivity index (χ3n) is 4.30. The van der Waals surface area contributed by atoms with Gasteiger partial charge in [0, 0.05) is 23.4 Å². The summed E-state index contributed by atoms with van der Waals surface area (Å²) in [5.41, 5.74) is 1.35. The van der Waals surface area contributed by atoms with Crippen molar-refractivity contribution in [1.29, 1.82) is 0 Å². The zero-order valence-electron chi connectivity index (χ0n) is 11.5. The molecular weight excluding hydrogens is 240 g/mol. The van der Waals surface area contributed by atoms with Crippen molar-refractivity contribution < 1.29 is 0 Å². The highest BCUT2D eigenvalue weighted by molar-refractivity contribution is 7.11. The molecule has 2 fully saturated rings. The van der Waals surface area contributed by atoms with Crippen LogP contribution in [0.25, 0.3) is 0 Å². The second-order valence-corrected chi connectivity index (χ2v) is 7.16. The minimum atomic E-state index is 0.755. The Bertz CT molecular complexity index is 409. The molecule has 2 atom stereocenters. The van der Waals surface area contributed by atoms with E-state index < -0.39 is 0 Å². The van der Waals surface area contributed by atoms with Gasteiger partial charge in [-0.2, -0.15) is 0 Å². The van der Waals surface area contributed by atoms with Crippen molar-refractivity contribution in [3.8, 4) is 0 Å². The number of hydrogen-bond acceptors (Lipinski definition) is 3. The molecule has 0 spiro atoms. The van der Waals surface area contributed by atoms with Crippen molar-refractivity contribution in [3.63, 3.8) is 0 Å². The molecule has 18 heavy (non-hydrogen) atoms. The predicted octanol–water partition coefficient (Wildman–Crippen LogP) is 3.86. The van der Waals surface area contributed by atoms with Gasteiger partial charge in [0.2, 0.25) is 0 Å². The van der Waals surface area contributed by atoms with Crippen LogP contribution in [-0.4, -0.2) is 11.0 Å². The van der Waals surface area contributed by atoms with Crippen LogP contribution in [-0.2, 0) is 13.0 Å². The highest BCUT2D eigenvalue weighted by Gasteiger charge is 2.27. The molecule has 2 aliphatic carbocycles. The van der Waals surface area contributed by atoms with E-state index in [-0.39, 0.29) is 0 Å². The second kappa shape index (κ2) is 5.30. The highest BCUT2D eigenvalue weighted by atomic mass is 32.1. The van der Waals surface area contributed by atoms with Crippen molar-refractivity contribution in [3.05, 3.63) is 15.6 Å². The van der Waals surface area contributed by atoms with Crippen molar-refractivity contribution in [2.24, 2.45) is 5.92 Å². The molecule has 0 aliphatic heterocycles. The smallest absolute Gasteiger partial charge is 0.0962 e. The molecule has 0 saturated heterocycles. The predicted molar refractivity (Wildman–Crippen MR) is 77.1 cm³/mol. The Labute approximate surface area is 114 Å². The van der Waals surface area contributed by atoms with Crippen molar-refractivity contribution in [1.82, 2.24) is 10.3 Å². The van der Waals surface area contributed by atoms with Crippen LogP contribution in [0.1, 0.15) is 67.4 Å². The minimum Gasteiger partial charge on any atom is -0.309 e. The van der Waals surface area contributed by atoms with Gasteiger partial charge in [0.1, 0.15) is 0 Å². The molecule has 100 valence electrons.